The van der Waals surface area contributed by atoms with E-state index in [9.17, 15) is 13.2 Å². The number of nitrogens with one attached hydrogen (secondary N) is 1. The Morgan fingerprint density at radius 3 is 2.27 bits per heavy atom. The van der Waals surface area contributed by atoms with Crippen molar-refractivity contribution in [3.8, 4) is 11.5 Å². The summed E-state index contributed by atoms with van der Waals surface area (Å²) in [4.78, 5) is 12.8. The average molecular weight is 456 g/mol. The molecule has 0 aliphatic carbocycles. The fourth-order valence-electron chi connectivity index (χ4n) is 2.75. The summed E-state index contributed by atoms with van der Waals surface area (Å²) in [6, 6.07) is 8.45. The van der Waals surface area contributed by atoms with Crippen LogP contribution in [0.3, 0.4) is 0 Å². The van der Waals surface area contributed by atoms with E-state index in [1.54, 1.807) is 13.0 Å². The lowest BCUT2D eigenvalue weighted by atomic mass is 10.1. The maximum atomic E-state index is 13.0. The molecule has 0 aliphatic rings. The highest BCUT2D eigenvalue weighted by Gasteiger charge is 2.29. The van der Waals surface area contributed by atoms with Crippen LogP contribution in [0, 0.1) is 13.8 Å². The highest BCUT2D eigenvalue weighted by atomic mass is 35.5. The molecule has 0 saturated carbocycles. The van der Waals surface area contributed by atoms with E-state index in [2.05, 4.69) is 5.32 Å². The van der Waals surface area contributed by atoms with Crippen LogP contribution in [-0.2, 0) is 15.0 Å². The van der Waals surface area contributed by atoms with Gasteiger partial charge in [-0.15, -0.1) is 0 Å². The smallest absolute Gasteiger partial charge is 0.304 e. The maximum absolute atomic E-state index is 13.0. The zero-order chi connectivity index (χ0) is 22.6. The minimum atomic E-state index is -3.93. The molecule has 0 spiro atoms. The summed E-state index contributed by atoms with van der Waals surface area (Å²) in [6.07, 6.45) is 0. The predicted molar refractivity (Wildman–Crippen MR) is 119 cm³/mol. The van der Waals surface area contributed by atoms with E-state index < -0.39 is 22.7 Å². The van der Waals surface area contributed by atoms with Crippen LogP contribution in [-0.4, -0.2) is 53.5 Å². The molecule has 0 heterocycles. The van der Waals surface area contributed by atoms with Crippen molar-refractivity contribution in [3.63, 3.8) is 0 Å². The van der Waals surface area contributed by atoms with Crippen LogP contribution in [0.2, 0.25) is 5.02 Å². The number of hydrogen-bond acceptors (Lipinski definition) is 5. The minimum absolute atomic E-state index is 0.312. The number of carbonyl (C=O) groups is 1. The number of hydrogen-bond donors (Lipinski definition) is 1. The SMILES string of the molecule is COc1cc(NC(=O)CN(c2cc(C)ccc2C)S(=O)(=O)N(C)C)c(OC)cc1Cl. The molecular weight excluding hydrogens is 430 g/mol. The van der Waals surface area contributed by atoms with E-state index in [0.717, 1.165) is 19.7 Å². The minimum Gasteiger partial charge on any atom is -0.495 e. The first-order chi connectivity index (χ1) is 14.0. The zero-order valence-corrected chi connectivity index (χ0v) is 19.4. The van der Waals surface area contributed by atoms with E-state index in [1.165, 1.54) is 40.4 Å². The lowest BCUT2D eigenvalue weighted by molar-refractivity contribution is -0.114. The lowest BCUT2D eigenvalue weighted by Gasteiger charge is -2.28. The molecule has 0 saturated heterocycles. The Kier molecular flexibility index (Phi) is 7.57. The van der Waals surface area contributed by atoms with Crippen LogP contribution < -0.4 is 19.1 Å². The second-order valence-corrected chi connectivity index (χ2v) is 9.30. The van der Waals surface area contributed by atoms with E-state index >= 15 is 0 Å². The molecule has 1 N–H and O–H groups in total. The van der Waals surface area contributed by atoms with Crippen molar-refractivity contribution in [3.05, 3.63) is 46.5 Å². The summed E-state index contributed by atoms with van der Waals surface area (Å²) in [5, 5.41) is 3.00. The standard InChI is InChI=1S/C20H26ClN3O5S/c1-13-7-8-14(2)17(9-13)24(30(26,27)23(3)4)12-20(25)22-16-11-18(28-5)15(21)10-19(16)29-6/h7-11H,12H2,1-6H3,(H,22,25). The number of amides is 1. The van der Waals surface area contributed by atoms with Gasteiger partial charge in [0.05, 0.1) is 30.6 Å². The van der Waals surface area contributed by atoms with Gasteiger partial charge in [-0.3, -0.25) is 4.79 Å². The van der Waals surface area contributed by atoms with Crippen molar-refractivity contribution < 1.29 is 22.7 Å². The normalized spacial score (nSPS) is 11.3. The second kappa shape index (κ2) is 9.55. The van der Waals surface area contributed by atoms with Crippen molar-refractivity contribution in [2.75, 3.05) is 44.5 Å². The average Bonchev–Trinajstić information content (AvgIpc) is 2.68. The quantitative estimate of drug-likeness (QED) is 0.660. The topological polar surface area (TPSA) is 88.2 Å². The predicted octanol–water partition coefficient (Wildman–Crippen LogP) is 3.23. The third kappa shape index (κ3) is 5.16. The number of nitrogens with zero attached hydrogens (tertiary/aromatic N) is 2. The summed E-state index contributed by atoms with van der Waals surface area (Å²) >= 11 is 6.10. The van der Waals surface area contributed by atoms with Crippen LogP contribution in [0.15, 0.2) is 30.3 Å². The Labute approximate surface area is 182 Å². The first-order valence-electron chi connectivity index (χ1n) is 9.00. The molecule has 164 valence electrons. The van der Waals surface area contributed by atoms with E-state index in [1.807, 2.05) is 19.1 Å². The zero-order valence-electron chi connectivity index (χ0n) is 17.8. The van der Waals surface area contributed by atoms with Crippen molar-refractivity contribution in [2.45, 2.75) is 13.8 Å². The van der Waals surface area contributed by atoms with Crippen molar-refractivity contribution >= 4 is 39.1 Å². The molecule has 1 amide bonds. The number of benzene rings is 2. The monoisotopic (exact) mass is 455 g/mol. The van der Waals surface area contributed by atoms with E-state index in [0.29, 0.717) is 27.9 Å². The van der Waals surface area contributed by atoms with Crippen molar-refractivity contribution in [2.24, 2.45) is 0 Å². The fourth-order valence-corrected chi connectivity index (χ4v) is 4.11. The summed E-state index contributed by atoms with van der Waals surface area (Å²) in [6.45, 7) is 3.21. The molecule has 2 rings (SSSR count). The molecule has 0 fully saturated rings. The van der Waals surface area contributed by atoms with E-state index in [-0.39, 0.29) is 0 Å². The molecular formula is C20H26ClN3O5S. The summed E-state index contributed by atoms with van der Waals surface area (Å²) in [5.41, 5.74) is 2.34. The highest BCUT2D eigenvalue weighted by molar-refractivity contribution is 7.90. The molecule has 2 aromatic rings. The molecule has 0 unspecified atom stereocenters. The van der Waals surface area contributed by atoms with Crippen LogP contribution in [0.25, 0.3) is 0 Å². The molecule has 0 bridgehead atoms. The Bertz CT molecular complexity index is 1040. The molecule has 0 radical (unpaired) electrons. The van der Waals surface area contributed by atoms with Gasteiger partial charge in [-0.05, 0) is 31.0 Å². The van der Waals surface area contributed by atoms with Crippen LogP contribution in [0.1, 0.15) is 11.1 Å². The van der Waals surface area contributed by atoms with Gasteiger partial charge in [-0.2, -0.15) is 12.7 Å². The lowest BCUT2D eigenvalue weighted by Crippen LogP contribution is -2.44. The number of ether oxygens (including phenoxy) is 2. The van der Waals surface area contributed by atoms with Gasteiger partial charge in [0.25, 0.3) is 0 Å². The van der Waals surface area contributed by atoms with Gasteiger partial charge >= 0.3 is 10.2 Å². The molecule has 0 aromatic heterocycles. The number of aryl methyl sites for hydroxylation is 2. The third-order valence-corrected chi connectivity index (χ3v) is 6.51. The van der Waals surface area contributed by atoms with Gasteiger partial charge in [0.2, 0.25) is 5.91 Å². The number of carbonyl (C=O) groups excluding carboxylic acids is 1. The summed E-state index contributed by atoms with van der Waals surface area (Å²) in [5.74, 6) is 0.118. The molecule has 0 aliphatic heterocycles. The number of rotatable bonds is 8. The molecule has 8 nitrogen and oxygen atoms in total. The number of halogens is 1. The highest BCUT2D eigenvalue weighted by Crippen LogP contribution is 2.36. The molecule has 2 aromatic carbocycles. The molecule has 0 atom stereocenters. The Hall–Kier alpha value is -2.49. The van der Waals surface area contributed by atoms with Gasteiger partial charge in [-0.1, -0.05) is 23.7 Å². The first-order valence-corrected chi connectivity index (χ1v) is 10.8. The van der Waals surface area contributed by atoms with E-state index in [4.69, 9.17) is 21.1 Å². The Morgan fingerprint density at radius 2 is 1.70 bits per heavy atom. The van der Waals surface area contributed by atoms with Crippen molar-refractivity contribution in [1.29, 1.82) is 0 Å². The number of methoxy groups -OCH3 is 2. The summed E-state index contributed by atoms with van der Waals surface area (Å²) in [7, 11) is 1.79. The van der Waals surface area contributed by atoms with Gasteiger partial charge in [0.1, 0.15) is 18.0 Å². The maximum Gasteiger partial charge on any atom is 0.304 e. The van der Waals surface area contributed by atoms with Gasteiger partial charge in [0.15, 0.2) is 0 Å². The number of anilines is 2. The fraction of sp³-hybridized carbons (Fsp3) is 0.350. The molecule has 30 heavy (non-hydrogen) atoms. The van der Waals surface area contributed by atoms with Crippen LogP contribution in [0.4, 0.5) is 11.4 Å². The van der Waals surface area contributed by atoms with Crippen LogP contribution >= 0.6 is 11.6 Å². The Morgan fingerprint density at radius 1 is 1.07 bits per heavy atom. The third-order valence-electron chi connectivity index (χ3n) is 4.41. The van der Waals surface area contributed by atoms with Gasteiger partial charge in [0, 0.05) is 26.2 Å². The molecule has 10 heteroatoms. The van der Waals surface area contributed by atoms with Gasteiger partial charge < -0.3 is 14.8 Å². The summed E-state index contributed by atoms with van der Waals surface area (Å²) < 4.78 is 38.5. The second-order valence-electron chi connectivity index (χ2n) is 6.82. The largest absolute Gasteiger partial charge is 0.495 e. The van der Waals surface area contributed by atoms with Gasteiger partial charge in [-0.25, -0.2) is 4.31 Å². The van der Waals surface area contributed by atoms with Crippen LogP contribution in [0.5, 0.6) is 11.5 Å². The van der Waals surface area contributed by atoms with Crippen molar-refractivity contribution in [1.82, 2.24) is 4.31 Å². The first kappa shape index (κ1) is 23.8. The Balaban J connectivity index is 2.42.